The van der Waals surface area contributed by atoms with Gasteiger partial charge in [-0.05, 0) is 37.5 Å². The lowest BCUT2D eigenvalue weighted by molar-refractivity contribution is 0.127. The van der Waals surface area contributed by atoms with Crippen LogP contribution in [0.2, 0.25) is 0 Å². The average Bonchev–Trinajstić information content (AvgIpc) is 2.99. The van der Waals surface area contributed by atoms with Crippen LogP contribution in [-0.2, 0) is 11.3 Å². The van der Waals surface area contributed by atoms with Crippen LogP contribution in [0.15, 0.2) is 33.7 Å². The van der Waals surface area contributed by atoms with Crippen molar-refractivity contribution < 1.29 is 9.84 Å². The smallest absolute Gasteiger partial charge is 0.191 e. The highest BCUT2D eigenvalue weighted by Gasteiger charge is 2.34. The molecule has 24 heavy (non-hydrogen) atoms. The third kappa shape index (κ3) is 6.85. The Morgan fingerprint density at radius 2 is 2.25 bits per heavy atom. The Morgan fingerprint density at radius 1 is 1.42 bits per heavy atom. The zero-order chi connectivity index (χ0) is 16.5. The van der Waals surface area contributed by atoms with E-state index in [0.717, 1.165) is 48.5 Å². The third-order valence-corrected chi connectivity index (χ3v) is 4.60. The first kappa shape index (κ1) is 21.7. The summed E-state index contributed by atoms with van der Waals surface area (Å²) >= 11 is 3.48. The Balaban J connectivity index is 0.00000288. The maximum absolute atomic E-state index is 9.30. The number of nitrogens with one attached hydrogen (secondary N) is 2. The summed E-state index contributed by atoms with van der Waals surface area (Å²) in [7, 11) is 0. The molecule has 1 aromatic carbocycles. The summed E-state index contributed by atoms with van der Waals surface area (Å²) in [5.74, 6) is 0.802. The van der Waals surface area contributed by atoms with Gasteiger partial charge in [0.05, 0.1) is 13.2 Å². The molecule has 5 nitrogen and oxygen atoms in total. The zero-order valence-corrected chi connectivity index (χ0v) is 18.0. The third-order valence-electron chi connectivity index (χ3n) is 4.11. The van der Waals surface area contributed by atoms with Gasteiger partial charge in [0.2, 0.25) is 0 Å². The van der Waals surface area contributed by atoms with Gasteiger partial charge in [-0.2, -0.15) is 0 Å². The Bertz CT molecular complexity index is 522. The van der Waals surface area contributed by atoms with E-state index in [0.29, 0.717) is 13.2 Å². The summed E-state index contributed by atoms with van der Waals surface area (Å²) in [4.78, 5) is 4.65. The fraction of sp³-hybridized carbons (Fsp3) is 0.588. The molecule has 1 fully saturated rings. The van der Waals surface area contributed by atoms with E-state index >= 15 is 0 Å². The molecule has 1 heterocycles. The first-order valence-corrected chi connectivity index (χ1v) is 8.92. The normalized spacial score (nSPS) is 20.5. The highest BCUT2D eigenvalue weighted by Crippen LogP contribution is 2.31. The molecule has 0 saturated carbocycles. The zero-order valence-electron chi connectivity index (χ0n) is 14.1. The van der Waals surface area contributed by atoms with Crippen LogP contribution in [0.25, 0.3) is 0 Å². The second-order valence-corrected chi connectivity index (χ2v) is 6.87. The molecule has 1 saturated heterocycles. The van der Waals surface area contributed by atoms with Gasteiger partial charge in [0.1, 0.15) is 0 Å². The predicted octanol–water partition coefficient (Wildman–Crippen LogP) is 2.91. The highest BCUT2D eigenvalue weighted by atomic mass is 127. The van der Waals surface area contributed by atoms with Gasteiger partial charge in [0.25, 0.3) is 0 Å². The van der Waals surface area contributed by atoms with E-state index in [1.54, 1.807) is 0 Å². The molecule has 0 spiro atoms. The number of aliphatic hydroxyl groups is 1. The lowest BCUT2D eigenvalue weighted by Gasteiger charge is -2.27. The topological polar surface area (TPSA) is 65.9 Å². The molecule has 2 rings (SSSR count). The van der Waals surface area contributed by atoms with Crippen LogP contribution >= 0.6 is 39.9 Å². The number of nitrogens with zero attached hydrogens (tertiary/aromatic N) is 1. The second kappa shape index (κ2) is 11.3. The van der Waals surface area contributed by atoms with E-state index < -0.39 is 0 Å². The summed E-state index contributed by atoms with van der Waals surface area (Å²) in [5.41, 5.74) is 1.17. The monoisotopic (exact) mass is 511 g/mol. The largest absolute Gasteiger partial charge is 0.396 e. The SMILES string of the molecule is CCNC(=NCc1cccc(Br)c1)NCC1(CCO)CCOC1.I. The van der Waals surface area contributed by atoms with Crippen LogP contribution in [0.3, 0.4) is 0 Å². The maximum atomic E-state index is 9.30. The molecule has 0 aliphatic carbocycles. The van der Waals surface area contributed by atoms with Gasteiger partial charge in [-0.3, -0.25) is 0 Å². The van der Waals surface area contributed by atoms with Crippen molar-refractivity contribution in [1.29, 1.82) is 0 Å². The van der Waals surface area contributed by atoms with Crippen LogP contribution in [0.5, 0.6) is 0 Å². The van der Waals surface area contributed by atoms with Gasteiger partial charge in [-0.25, -0.2) is 4.99 Å². The summed E-state index contributed by atoms with van der Waals surface area (Å²) in [6, 6.07) is 8.16. The minimum absolute atomic E-state index is 0. The van der Waals surface area contributed by atoms with Crippen LogP contribution in [0.1, 0.15) is 25.3 Å². The molecule has 0 aromatic heterocycles. The number of guanidine groups is 1. The molecule has 1 aliphatic heterocycles. The lowest BCUT2D eigenvalue weighted by Crippen LogP contribution is -2.44. The van der Waals surface area contributed by atoms with Crippen molar-refractivity contribution in [2.45, 2.75) is 26.3 Å². The maximum Gasteiger partial charge on any atom is 0.191 e. The number of hydrogen-bond donors (Lipinski definition) is 3. The van der Waals surface area contributed by atoms with Gasteiger partial charge in [-0.15, -0.1) is 24.0 Å². The lowest BCUT2D eigenvalue weighted by atomic mass is 9.84. The van der Waals surface area contributed by atoms with Gasteiger partial charge in [0, 0.05) is 36.2 Å². The van der Waals surface area contributed by atoms with E-state index in [-0.39, 0.29) is 36.0 Å². The Morgan fingerprint density at radius 3 is 2.88 bits per heavy atom. The van der Waals surface area contributed by atoms with Crippen molar-refractivity contribution in [3.63, 3.8) is 0 Å². The number of rotatable bonds is 7. The number of aliphatic imine (C=N–C) groups is 1. The fourth-order valence-corrected chi connectivity index (χ4v) is 3.18. The van der Waals surface area contributed by atoms with Crippen molar-refractivity contribution in [2.24, 2.45) is 10.4 Å². The molecule has 1 unspecified atom stereocenters. The average molecular weight is 512 g/mol. The predicted molar refractivity (Wildman–Crippen MR) is 112 cm³/mol. The molecule has 1 aliphatic rings. The van der Waals surface area contributed by atoms with Crippen LogP contribution in [0.4, 0.5) is 0 Å². The number of ether oxygens (including phenoxy) is 1. The quantitative estimate of drug-likeness (QED) is 0.299. The molecule has 136 valence electrons. The van der Waals surface area contributed by atoms with Crippen molar-refractivity contribution >= 4 is 45.9 Å². The first-order valence-electron chi connectivity index (χ1n) is 8.13. The summed E-state index contributed by atoms with van der Waals surface area (Å²) in [6.45, 7) is 5.91. The highest BCUT2D eigenvalue weighted by molar-refractivity contribution is 14.0. The van der Waals surface area contributed by atoms with E-state index in [9.17, 15) is 5.11 Å². The van der Waals surface area contributed by atoms with Crippen molar-refractivity contribution in [2.75, 3.05) is 32.9 Å². The summed E-state index contributed by atoms with van der Waals surface area (Å²) in [5, 5.41) is 16.0. The molecular formula is C17H27BrIN3O2. The molecule has 0 bridgehead atoms. The number of hydrogen-bond acceptors (Lipinski definition) is 3. The standard InChI is InChI=1S/C17H26BrN3O2.HI/c1-2-19-16(20-11-14-4-3-5-15(18)10-14)21-12-17(6-8-22)7-9-23-13-17;/h3-5,10,22H,2,6-9,11-13H2,1H3,(H2,19,20,21);1H. The second-order valence-electron chi connectivity index (χ2n) is 5.95. The Labute approximate surface area is 169 Å². The number of benzene rings is 1. The van der Waals surface area contributed by atoms with Crippen LogP contribution < -0.4 is 10.6 Å². The van der Waals surface area contributed by atoms with E-state index in [2.05, 4.69) is 50.6 Å². The van der Waals surface area contributed by atoms with Crippen LogP contribution in [-0.4, -0.2) is 44.0 Å². The first-order chi connectivity index (χ1) is 11.2. The minimum atomic E-state index is 0. The van der Waals surface area contributed by atoms with E-state index in [1.807, 2.05) is 12.1 Å². The molecular weight excluding hydrogens is 485 g/mol. The van der Waals surface area contributed by atoms with Crippen LogP contribution in [0, 0.1) is 5.41 Å². The molecule has 1 aromatic rings. The summed E-state index contributed by atoms with van der Waals surface area (Å²) in [6.07, 6.45) is 1.73. The number of halogens is 2. The van der Waals surface area contributed by atoms with E-state index in [4.69, 9.17) is 4.74 Å². The summed E-state index contributed by atoms with van der Waals surface area (Å²) < 4.78 is 6.59. The van der Waals surface area contributed by atoms with Gasteiger partial charge in [0.15, 0.2) is 5.96 Å². The Hall–Kier alpha value is -0.380. The minimum Gasteiger partial charge on any atom is -0.396 e. The fourth-order valence-electron chi connectivity index (χ4n) is 2.73. The molecule has 7 heteroatoms. The molecule has 0 radical (unpaired) electrons. The Kier molecular flexibility index (Phi) is 10.2. The molecule has 1 atom stereocenters. The molecule has 0 amide bonds. The van der Waals surface area contributed by atoms with Gasteiger partial charge in [-0.1, -0.05) is 28.1 Å². The molecule has 3 N–H and O–H groups in total. The van der Waals surface area contributed by atoms with Gasteiger partial charge >= 0.3 is 0 Å². The van der Waals surface area contributed by atoms with Crippen molar-refractivity contribution in [1.82, 2.24) is 10.6 Å². The van der Waals surface area contributed by atoms with Gasteiger partial charge < -0.3 is 20.5 Å². The van der Waals surface area contributed by atoms with E-state index in [1.165, 1.54) is 0 Å². The number of aliphatic hydroxyl groups excluding tert-OH is 1. The van der Waals surface area contributed by atoms with Crippen molar-refractivity contribution in [3.05, 3.63) is 34.3 Å². The van der Waals surface area contributed by atoms with Crippen molar-refractivity contribution in [3.8, 4) is 0 Å².